The van der Waals surface area contributed by atoms with E-state index < -0.39 is 5.41 Å². The van der Waals surface area contributed by atoms with Gasteiger partial charge in [0.25, 0.3) is 0 Å². The molecule has 1 unspecified atom stereocenters. The number of nitrogens with two attached hydrogens (primary N) is 1. The van der Waals surface area contributed by atoms with Crippen LogP contribution in [-0.2, 0) is 4.79 Å². The van der Waals surface area contributed by atoms with Crippen LogP contribution in [0.15, 0.2) is 5.16 Å². The normalized spacial score (nSPS) is 20.3. The van der Waals surface area contributed by atoms with Crippen LogP contribution in [0.4, 0.5) is 0 Å². The maximum atomic E-state index is 12.2. The Morgan fingerprint density at radius 3 is 2.56 bits per heavy atom. The molecule has 0 aliphatic heterocycles. The van der Waals surface area contributed by atoms with E-state index in [2.05, 4.69) is 12.1 Å². The fourth-order valence-electron chi connectivity index (χ4n) is 1.95. The number of carbonyl (C=O) groups is 1. The lowest BCUT2D eigenvalue weighted by molar-refractivity contribution is -0.135. The van der Waals surface area contributed by atoms with Crippen molar-refractivity contribution in [3.05, 3.63) is 0 Å². The van der Waals surface area contributed by atoms with Crippen LogP contribution < -0.4 is 5.73 Å². The van der Waals surface area contributed by atoms with E-state index in [0.717, 1.165) is 12.8 Å². The summed E-state index contributed by atoms with van der Waals surface area (Å²) >= 11 is 0. The van der Waals surface area contributed by atoms with Gasteiger partial charge in [0.2, 0.25) is 5.91 Å². The van der Waals surface area contributed by atoms with E-state index in [9.17, 15) is 4.79 Å². The molecule has 5 heteroatoms. The zero-order chi connectivity index (χ0) is 12.3. The average molecular weight is 227 g/mol. The number of amidine groups is 1. The highest BCUT2D eigenvalue weighted by Crippen LogP contribution is 2.47. The van der Waals surface area contributed by atoms with Crippen molar-refractivity contribution in [1.29, 1.82) is 0 Å². The monoisotopic (exact) mass is 227 g/mol. The number of carbonyl (C=O) groups excluding carboxylic acids is 1. The van der Waals surface area contributed by atoms with Crippen molar-refractivity contribution >= 4 is 11.7 Å². The molecule has 16 heavy (non-hydrogen) atoms. The molecule has 0 aromatic rings. The van der Waals surface area contributed by atoms with Crippen LogP contribution in [0, 0.1) is 5.41 Å². The Balaban J connectivity index is 2.71. The van der Waals surface area contributed by atoms with Crippen LogP contribution in [-0.4, -0.2) is 34.9 Å². The zero-order valence-corrected chi connectivity index (χ0v) is 10.2. The van der Waals surface area contributed by atoms with Crippen molar-refractivity contribution < 1.29 is 10.0 Å². The maximum Gasteiger partial charge on any atom is 0.236 e. The lowest BCUT2D eigenvalue weighted by Crippen LogP contribution is -2.45. The Bertz CT molecular complexity index is 298. The van der Waals surface area contributed by atoms with Crippen LogP contribution in [0.1, 0.15) is 39.5 Å². The van der Waals surface area contributed by atoms with Crippen molar-refractivity contribution in [3.8, 4) is 0 Å². The SMILES string of the molecule is CCCC(C)N(C)C(=O)C1(C(N)=NO)CC1. The average Bonchev–Trinajstić information content (AvgIpc) is 3.07. The Labute approximate surface area is 96.3 Å². The summed E-state index contributed by atoms with van der Waals surface area (Å²) in [5.41, 5.74) is 4.86. The predicted octanol–water partition coefficient (Wildman–Crippen LogP) is 1.16. The van der Waals surface area contributed by atoms with E-state index in [4.69, 9.17) is 10.9 Å². The molecule has 1 aliphatic rings. The third-order valence-electron chi connectivity index (χ3n) is 3.45. The Kier molecular flexibility index (Phi) is 3.78. The second-order valence-electron chi connectivity index (χ2n) is 4.62. The Morgan fingerprint density at radius 1 is 1.62 bits per heavy atom. The molecule has 0 saturated heterocycles. The van der Waals surface area contributed by atoms with Gasteiger partial charge < -0.3 is 15.8 Å². The van der Waals surface area contributed by atoms with Crippen molar-refractivity contribution in [2.75, 3.05) is 7.05 Å². The number of hydrogen-bond donors (Lipinski definition) is 2. The zero-order valence-electron chi connectivity index (χ0n) is 10.2. The highest BCUT2D eigenvalue weighted by Gasteiger charge is 2.55. The summed E-state index contributed by atoms with van der Waals surface area (Å²) in [6.45, 7) is 4.11. The molecule has 0 radical (unpaired) electrons. The molecular weight excluding hydrogens is 206 g/mol. The predicted molar refractivity (Wildman–Crippen MR) is 62.2 cm³/mol. The molecular formula is C11H21N3O2. The first-order chi connectivity index (χ1) is 7.49. The van der Waals surface area contributed by atoms with Gasteiger partial charge in [-0.2, -0.15) is 0 Å². The van der Waals surface area contributed by atoms with Gasteiger partial charge in [-0.25, -0.2) is 0 Å². The summed E-state index contributed by atoms with van der Waals surface area (Å²) in [6.07, 6.45) is 3.37. The van der Waals surface area contributed by atoms with Gasteiger partial charge in [0.15, 0.2) is 5.84 Å². The van der Waals surface area contributed by atoms with Crippen molar-refractivity contribution in [2.24, 2.45) is 16.3 Å². The molecule has 3 N–H and O–H groups in total. The number of rotatable bonds is 5. The molecule has 1 fully saturated rings. The fourth-order valence-corrected chi connectivity index (χ4v) is 1.95. The third-order valence-corrected chi connectivity index (χ3v) is 3.45. The van der Waals surface area contributed by atoms with Crippen LogP contribution in [0.3, 0.4) is 0 Å². The van der Waals surface area contributed by atoms with Crippen LogP contribution >= 0.6 is 0 Å². The lowest BCUT2D eigenvalue weighted by atomic mass is 10.0. The molecule has 1 aliphatic carbocycles. The second-order valence-corrected chi connectivity index (χ2v) is 4.62. The van der Waals surface area contributed by atoms with Gasteiger partial charge in [0, 0.05) is 13.1 Å². The maximum absolute atomic E-state index is 12.2. The topological polar surface area (TPSA) is 78.9 Å². The lowest BCUT2D eigenvalue weighted by Gasteiger charge is -2.28. The number of amides is 1. The molecule has 0 aromatic carbocycles. The first kappa shape index (κ1) is 12.8. The van der Waals surface area contributed by atoms with E-state index in [1.165, 1.54) is 0 Å². The summed E-state index contributed by atoms with van der Waals surface area (Å²) in [5, 5.41) is 11.7. The van der Waals surface area contributed by atoms with Crippen molar-refractivity contribution in [3.63, 3.8) is 0 Å². The molecule has 1 saturated carbocycles. The summed E-state index contributed by atoms with van der Waals surface area (Å²) < 4.78 is 0. The number of nitrogens with zero attached hydrogens (tertiary/aromatic N) is 2. The van der Waals surface area contributed by atoms with Gasteiger partial charge in [-0.3, -0.25) is 4.79 Å². The minimum Gasteiger partial charge on any atom is -0.409 e. The molecule has 1 amide bonds. The van der Waals surface area contributed by atoms with E-state index in [-0.39, 0.29) is 17.8 Å². The molecule has 1 rings (SSSR count). The standard InChI is InChI=1S/C11H21N3O2/c1-4-5-8(2)14(3)10(15)11(6-7-11)9(12)13-16/h8,16H,4-7H2,1-3H3,(H2,12,13). The molecule has 1 atom stereocenters. The van der Waals surface area contributed by atoms with Gasteiger partial charge in [-0.05, 0) is 26.2 Å². The molecule has 5 nitrogen and oxygen atoms in total. The first-order valence-corrected chi connectivity index (χ1v) is 5.75. The van der Waals surface area contributed by atoms with Gasteiger partial charge >= 0.3 is 0 Å². The highest BCUT2D eigenvalue weighted by atomic mass is 16.4. The van der Waals surface area contributed by atoms with Crippen LogP contribution in [0.5, 0.6) is 0 Å². The number of oxime groups is 1. The Hall–Kier alpha value is -1.26. The van der Waals surface area contributed by atoms with Gasteiger partial charge in [0.1, 0.15) is 5.41 Å². The van der Waals surface area contributed by atoms with E-state index in [0.29, 0.717) is 12.8 Å². The summed E-state index contributed by atoms with van der Waals surface area (Å²) in [4.78, 5) is 13.9. The molecule has 0 heterocycles. The summed E-state index contributed by atoms with van der Waals surface area (Å²) in [7, 11) is 1.79. The van der Waals surface area contributed by atoms with Gasteiger partial charge in [-0.15, -0.1) is 0 Å². The van der Waals surface area contributed by atoms with E-state index in [1.54, 1.807) is 11.9 Å². The van der Waals surface area contributed by atoms with Gasteiger partial charge in [0.05, 0.1) is 0 Å². The van der Waals surface area contributed by atoms with Gasteiger partial charge in [-0.1, -0.05) is 18.5 Å². The second kappa shape index (κ2) is 4.72. The van der Waals surface area contributed by atoms with Crippen molar-refractivity contribution in [1.82, 2.24) is 4.90 Å². The van der Waals surface area contributed by atoms with Crippen LogP contribution in [0.2, 0.25) is 0 Å². The first-order valence-electron chi connectivity index (χ1n) is 5.75. The van der Waals surface area contributed by atoms with Crippen molar-refractivity contribution in [2.45, 2.75) is 45.6 Å². The summed E-state index contributed by atoms with van der Waals surface area (Å²) in [6, 6.07) is 0.196. The largest absolute Gasteiger partial charge is 0.409 e. The van der Waals surface area contributed by atoms with Crippen LogP contribution in [0.25, 0.3) is 0 Å². The fraction of sp³-hybridized carbons (Fsp3) is 0.818. The molecule has 0 bridgehead atoms. The molecule has 0 spiro atoms. The minimum absolute atomic E-state index is 0.0243. The smallest absolute Gasteiger partial charge is 0.236 e. The Morgan fingerprint density at radius 2 is 2.19 bits per heavy atom. The highest BCUT2D eigenvalue weighted by molar-refractivity contribution is 6.09. The molecule has 92 valence electrons. The minimum atomic E-state index is -0.717. The third kappa shape index (κ3) is 2.13. The quantitative estimate of drug-likeness (QED) is 0.320. The van der Waals surface area contributed by atoms with E-state index >= 15 is 0 Å². The van der Waals surface area contributed by atoms with E-state index in [1.807, 2.05) is 6.92 Å². The number of hydrogen-bond acceptors (Lipinski definition) is 3. The summed E-state index contributed by atoms with van der Waals surface area (Å²) in [5.74, 6) is 0.0248. The molecule has 0 aromatic heterocycles.